The normalized spacial score (nSPS) is 10.1. The first kappa shape index (κ1) is 10.7. The van der Waals surface area contributed by atoms with Crippen molar-refractivity contribution in [3.8, 4) is 5.75 Å². The molecule has 0 aliphatic rings. The van der Waals surface area contributed by atoms with Crippen molar-refractivity contribution >= 4 is 0 Å². The van der Waals surface area contributed by atoms with E-state index in [0.29, 0.717) is 6.61 Å². The molecular weight excluding hydrogens is 198 g/mol. The highest BCUT2D eigenvalue weighted by atomic mass is 16.5. The molecular formula is C14H15NO. The number of aromatic nitrogens is 1. The third kappa shape index (κ3) is 2.60. The van der Waals surface area contributed by atoms with Crippen molar-refractivity contribution in [2.75, 3.05) is 0 Å². The summed E-state index contributed by atoms with van der Waals surface area (Å²) >= 11 is 0. The minimum Gasteiger partial charge on any atom is -0.487 e. The molecule has 1 aromatic carbocycles. The zero-order chi connectivity index (χ0) is 11.4. The molecule has 0 saturated heterocycles. The average Bonchev–Trinajstić information content (AvgIpc) is 2.32. The van der Waals surface area contributed by atoms with Crippen LogP contribution in [0.3, 0.4) is 0 Å². The lowest BCUT2D eigenvalue weighted by atomic mass is 10.1. The molecule has 0 aliphatic heterocycles. The summed E-state index contributed by atoms with van der Waals surface area (Å²) in [4.78, 5) is 4.21. The van der Waals surface area contributed by atoms with Crippen LogP contribution in [0.5, 0.6) is 5.75 Å². The van der Waals surface area contributed by atoms with Gasteiger partial charge in [-0.15, -0.1) is 0 Å². The van der Waals surface area contributed by atoms with Gasteiger partial charge in [-0.3, -0.25) is 4.98 Å². The number of pyridine rings is 1. The van der Waals surface area contributed by atoms with Gasteiger partial charge in [0.15, 0.2) is 0 Å². The molecule has 2 heteroatoms. The van der Waals surface area contributed by atoms with Gasteiger partial charge >= 0.3 is 0 Å². The monoisotopic (exact) mass is 213 g/mol. The molecule has 2 aromatic rings. The van der Waals surface area contributed by atoms with Gasteiger partial charge in [0.05, 0.1) is 5.69 Å². The van der Waals surface area contributed by atoms with E-state index in [-0.39, 0.29) is 0 Å². The van der Waals surface area contributed by atoms with Crippen molar-refractivity contribution in [2.24, 2.45) is 0 Å². The summed E-state index contributed by atoms with van der Waals surface area (Å²) in [5.74, 6) is 0.897. The van der Waals surface area contributed by atoms with Crippen LogP contribution in [0.25, 0.3) is 0 Å². The van der Waals surface area contributed by atoms with Crippen LogP contribution in [0, 0.1) is 13.8 Å². The number of benzene rings is 1. The van der Waals surface area contributed by atoms with Crippen molar-refractivity contribution in [2.45, 2.75) is 20.5 Å². The third-order valence-electron chi connectivity index (χ3n) is 2.59. The van der Waals surface area contributed by atoms with Crippen LogP contribution in [0.15, 0.2) is 42.6 Å². The van der Waals surface area contributed by atoms with Crippen LogP contribution in [-0.2, 0) is 6.61 Å². The summed E-state index contributed by atoms with van der Waals surface area (Å²) in [5, 5.41) is 0. The van der Waals surface area contributed by atoms with Crippen LogP contribution in [0.2, 0.25) is 0 Å². The zero-order valence-corrected chi connectivity index (χ0v) is 9.60. The number of rotatable bonds is 3. The van der Waals surface area contributed by atoms with Crippen molar-refractivity contribution in [3.05, 3.63) is 59.4 Å². The van der Waals surface area contributed by atoms with Crippen molar-refractivity contribution in [3.63, 3.8) is 0 Å². The average molecular weight is 213 g/mol. The SMILES string of the molecule is Cc1ccc(OCc2ccccn2)cc1C. The molecule has 2 nitrogen and oxygen atoms in total. The van der Waals surface area contributed by atoms with E-state index in [0.717, 1.165) is 11.4 Å². The Labute approximate surface area is 95.9 Å². The Morgan fingerprint density at radius 3 is 2.62 bits per heavy atom. The quantitative estimate of drug-likeness (QED) is 0.780. The highest BCUT2D eigenvalue weighted by Gasteiger charge is 1.98. The van der Waals surface area contributed by atoms with Gasteiger partial charge < -0.3 is 4.74 Å². The van der Waals surface area contributed by atoms with E-state index in [1.165, 1.54) is 11.1 Å². The van der Waals surface area contributed by atoms with E-state index in [1.807, 2.05) is 24.3 Å². The minimum atomic E-state index is 0.517. The number of hydrogen-bond acceptors (Lipinski definition) is 2. The Kier molecular flexibility index (Phi) is 3.20. The van der Waals surface area contributed by atoms with E-state index >= 15 is 0 Å². The Hall–Kier alpha value is -1.83. The van der Waals surface area contributed by atoms with E-state index in [4.69, 9.17) is 4.74 Å². The van der Waals surface area contributed by atoms with E-state index in [2.05, 4.69) is 31.0 Å². The summed E-state index contributed by atoms with van der Waals surface area (Å²) in [6.45, 7) is 4.70. The fraction of sp³-hybridized carbons (Fsp3) is 0.214. The van der Waals surface area contributed by atoms with Gasteiger partial charge in [0.25, 0.3) is 0 Å². The molecule has 2 rings (SSSR count). The Morgan fingerprint density at radius 1 is 1.06 bits per heavy atom. The molecule has 0 aliphatic carbocycles. The maximum atomic E-state index is 5.67. The summed E-state index contributed by atoms with van der Waals surface area (Å²) in [6, 6.07) is 11.9. The largest absolute Gasteiger partial charge is 0.487 e. The molecule has 0 bridgehead atoms. The van der Waals surface area contributed by atoms with Gasteiger partial charge in [-0.2, -0.15) is 0 Å². The number of hydrogen-bond donors (Lipinski definition) is 0. The molecule has 0 spiro atoms. The van der Waals surface area contributed by atoms with Crippen LogP contribution in [0.1, 0.15) is 16.8 Å². The fourth-order valence-corrected chi connectivity index (χ4v) is 1.44. The lowest BCUT2D eigenvalue weighted by molar-refractivity contribution is 0.301. The van der Waals surface area contributed by atoms with Crippen LogP contribution >= 0.6 is 0 Å². The first-order valence-electron chi connectivity index (χ1n) is 5.35. The second kappa shape index (κ2) is 4.79. The summed E-state index contributed by atoms with van der Waals surface area (Å²) in [6.07, 6.45) is 1.78. The van der Waals surface area contributed by atoms with Gasteiger partial charge in [0, 0.05) is 6.20 Å². The Bertz CT molecular complexity index is 465. The van der Waals surface area contributed by atoms with Crippen molar-refractivity contribution in [1.82, 2.24) is 4.98 Å². The topological polar surface area (TPSA) is 22.1 Å². The molecule has 82 valence electrons. The smallest absolute Gasteiger partial charge is 0.130 e. The van der Waals surface area contributed by atoms with Gasteiger partial charge in [-0.25, -0.2) is 0 Å². The molecule has 0 radical (unpaired) electrons. The predicted molar refractivity (Wildman–Crippen MR) is 64.5 cm³/mol. The Balaban J connectivity index is 2.03. The van der Waals surface area contributed by atoms with Gasteiger partial charge in [-0.05, 0) is 49.2 Å². The molecule has 0 saturated carbocycles. The predicted octanol–water partition coefficient (Wildman–Crippen LogP) is 3.28. The van der Waals surface area contributed by atoms with Gasteiger partial charge in [0.2, 0.25) is 0 Å². The van der Waals surface area contributed by atoms with E-state index < -0.39 is 0 Å². The highest BCUT2D eigenvalue weighted by Crippen LogP contribution is 2.17. The first-order chi connectivity index (χ1) is 7.75. The molecule has 1 aromatic heterocycles. The molecule has 0 N–H and O–H groups in total. The minimum absolute atomic E-state index is 0.517. The highest BCUT2D eigenvalue weighted by molar-refractivity contribution is 5.33. The van der Waals surface area contributed by atoms with Crippen LogP contribution in [-0.4, -0.2) is 4.98 Å². The van der Waals surface area contributed by atoms with E-state index in [1.54, 1.807) is 6.20 Å². The fourth-order valence-electron chi connectivity index (χ4n) is 1.44. The lowest BCUT2D eigenvalue weighted by Crippen LogP contribution is -1.97. The second-order valence-corrected chi connectivity index (χ2v) is 3.86. The van der Waals surface area contributed by atoms with Gasteiger partial charge in [-0.1, -0.05) is 12.1 Å². The molecule has 0 fully saturated rings. The molecule has 0 amide bonds. The lowest BCUT2D eigenvalue weighted by Gasteiger charge is -2.07. The maximum absolute atomic E-state index is 5.67. The number of aryl methyl sites for hydroxylation is 2. The van der Waals surface area contributed by atoms with Crippen LogP contribution in [0.4, 0.5) is 0 Å². The molecule has 16 heavy (non-hydrogen) atoms. The number of nitrogens with zero attached hydrogens (tertiary/aromatic N) is 1. The molecule has 0 unspecified atom stereocenters. The van der Waals surface area contributed by atoms with Crippen LogP contribution < -0.4 is 4.74 Å². The second-order valence-electron chi connectivity index (χ2n) is 3.86. The molecule has 0 atom stereocenters. The third-order valence-corrected chi connectivity index (χ3v) is 2.59. The molecule has 1 heterocycles. The standard InChI is InChI=1S/C14H15NO/c1-11-6-7-14(9-12(11)2)16-10-13-5-3-4-8-15-13/h3-9H,10H2,1-2H3. The zero-order valence-electron chi connectivity index (χ0n) is 9.60. The van der Waals surface area contributed by atoms with Gasteiger partial charge in [0.1, 0.15) is 12.4 Å². The van der Waals surface area contributed by atoms with Crippen molar-refractivity contribution in [1.29, 1.82) is 0 Å². The maximum Gasteiger partial charge on any atom is 0.130 e. The van der Waals surface area contributed by atoms with Crippen molar-refractivity contribution < 1.29 is 4.74 Å². The first-order valence-corrected chi connectivity index (χ1v) is 5.35. The Morgan fingerprint density at radius 2 is 1.94 bits per heavy atom. The summed E-state index contributed by atoms with van der Waals surface area (Å²) < 4.78 is 5.67. The summed E-state index contributed by atoms with van der Waals surface area (Å²) in [7, 11) is 0. The summed E-state index contributed by atoms with van der Waals surface area (Å²) in [5.41, 5.74) is 3.48. The number of ether oxygens (including phenoxy) is 1. The van der Waals surface area contributed by atoms with E-state index in [9.17, 15) is 0 Å².